The maximum absolute atomic E-state index is 12.9. The summed E-state index contributed by atoms with van der Waals surface area (Å²) in [5.74, 6) is -3.27. The number of benzene rings is 1. The molecule has 0 bridgehead atoms. The lowest BCUT2D eigenvalue weighted by molar-refractivity contribution is -0.182. The smallest absolute Gasteiger partial charge is 0.380 e. The number of rotatable bonds is 5. The zero-order chi connectivity index (χ0) is 16.2. The molecule has 1 saturated heterocycles. The lowest BCUT2D eigenvalue weighted by atomic mass is 9.94. The van der Waals surface area contributed by atoms with Gasteiger partial charge in [-0.05, 0) is 11.1 Å². The van der Waals surface area contributed by atoms with E-state index in [0.717, 1.165) is 11.1 Å². The van der Waals surface area contributed by atoms with Gasteiger partial charge in [0.05, 0.1) is 18.4 Å². The monoisotopic (exact) mass is 352 g/mol. The Balaban J connectivity index is 0.00000264. The third-order valence-electron chi connectivity index (χ3n) is 3.84. The third kappa shape index (κ3) is 5.09. The second kappa shape index (κ2) is 8.52. The molecule has 0 saturated carbocycles. The van der Waals surface area contributed by atoms with E-state index in [-0.39, 0.29) is 32.0 Å². The van der Waals surface area contributed by atoms with Gasteiger partial charge in [0.25, 0.3) is 0 Å². The standard InChI is InChI=1S/C15H19F3N2O2.ClH/c1-22-9-11-5-3-2-4-10(11)6-20-14(21)12-7-19-8-13(12)15(16,17)18;/h2-5,12-13,19H,6-9H2,1H3,(H,20,21);1H/t12-,13-;/m1./s1. The molecule has 1 heterocycles. The van der Waals surface area contributed by atoms with Crippen molar-refractivity contribution in [3.05, 3.63) is 35.4 Å². The molecule has 2 N–H and O–H groups in total. The summed E-state index contributed by atoms with van der Waals surface area (Å²) in [4.78, 5) is 12.1. The van der Waals surface area contributed by atoms with Crippen molar-refractivity contribution in [3.63, 3.8) is 0 Å². The first-order valence-corrected chi connectivity index (χ1v) is 7.04. The first kappa shape index (κ1) is 19.7. The van der Waals surface area contributed by atoms with Gasteiger partial charge in [0.2, 0.25) is 5.91 Å². The average molecular weight is 353 g/mol. The summed E-state index contributed by atoms with van der Waals surface area (Å²) in [5, 5.41) is 5.25. The molecule has 23 heavy (non-hydrogen) atoms. The van der Waals surface area contributed by atoms with Crippen molar-refractivity contribution in [2.75, 3.05) is 20.2 Å². The van der Waals surface area contributed by atoms with Crippen LogP contribution in [0.2, 0.25) is 0 Å². The number of carbonyl (C=O) groups excluding carboxylic acids is 1. The van der Waals surface area contributed by atoms with Crippen LogP contribution in [-0.4, -0.2) is 32.3 Å². The van der Waals surface area contributed by atoms with Crippen LogP contribution in [0.15, 0.2) is 24.3 Å². The van der Waals surface area contributed by atoms with Gasteiger partial charge in [0.1, 0.15) is 0 Å². The molecule has 0 aromatic heterocycles. The number of halogens is 4. The molecule has 1 amide bonds. The SMILES string of the molecule is COCc1ccccc1CNC(=O)[C@@H]1CNC[C@H]1C(F)(F)F.Cl. The van der Waals surface area contributed by atoms with Crippen LogP contribution in [0.25, 0.3) is 0 Å². The molecule has 8 heteroatoms. The predicted molar refractivity (Wildman–Crippen MR) is 82.2 cm³/mol. The van der Waals surface area contributed by atoms with Crippen LogP contribution in [0.5, 0.6) is 0 Å². The van der Waals surface area contributed by atoms with Crippen LogP contribution in [0.3, 0.4) is 0 Å². The van der Waals surface area contributed by atoms with Crippen molar-refractivity contribution in [3.8, 4) is 0 Å². The number of nitrogens with one attached hydrogen (secondary N) is 2. The zero-order valence-corrected chi connectivity index (χ0v) is 13.5. The number of amides is 1. The largest absolute Gasteiger partial charge is 0.393 e. The molecular formula is C15H20ClF3N2O2. The minimum atomic E-state index is -4.36. The van der Waals surface area contributed by atoms with E-state index in [1.807, 2.05) is 24.3 Å². The van der Waals surface area contributed by atoms with Gasteiger partial charge >= 0.3 is 6.18 Å². The number of carbonyl (C=O) groups is 1. The van der Waals surface area contributed by atoms with E-state index in [2.05, 4.69) is 10.6 Å². The third-order valence-corrected chi connectivity index (χ3v) is 3.84. The highest BCUT2D eigenvalue weighted by Crippen LogP contribution is 2.34. The fourth-order valence-electron chi connectivity index (χ4n) is 2.64. The molecule has 0 aliphatic carbocycles. The molecule has 1 aromatic rings. The highest BCUT2D eigenvalue weighted by molar-refractivity contribution is 5.85. The Hall–Kier alpha value is -1.31. The molecule has 0 spiro atoms. The Morgan fingerprint density at radius 1 is 1.30 bits per heavy atom. The van der Waals surface area contributed by atoms with E-state index in [1.54, 1.807) is 7.11 Å². The maximum Gasteiger partial charge on any atom is 0.393 e. The maximum atomic E-state index is 12.9. The van der Waals surface area contributed by atoms with E-state index < -0.39 is 23.9 Å². The predicted octanol–water partition coefficient (Wildman–Crippen LogP) is 2.27. The summed E-state index contributed by atoms with van der Waals surface area (Å²) in [6.45, 7) is 0.430. The molecule has 2 rings (SSSR count). The van der Waals surface area contributed by atoms with Gasteiger partial charge in [-0.15, -0.1) is 12.4 Å². The first-order chi connectivity index (χ1) is 10.4. The fourth-order valence-corrected chi connectivity index (χ4v) is 2.64. The molecule has 1 fully saturated rings. The second-order valence-electron chi connectivity index (χ2n) is 5.33. The van der Waals surface area contributed by atoms with Gasteiger partial charge in [-0.2, -0.15) is 13.2 Å². The Morgan fingerprint density at radius 3 is 2.57 bits per heavy atom. The number of hydrogen-bond donors (Lipinski definition) is 2. The first-order valence-electron chi connectivity index (χ1n) is 7.04. The summed E-state index contributed by atoms with van der Waals surface area (Å²) in [6, 6.07) is 7.35. The topological polar surface area (TPSA) is 50.4 Å². The van der Waals surface area contributed by atoms with Crippen LogP contribution >= 0.6 is 12.4 Å². The summed E-state index contributed by atoms with van der Waals surface area (Å²) in [7, 11) is 1.56. The van der Waals surface area contributed by atoms with E-state index in [4.69, 9.17) is 4.74 Å². The quantitative estimate of drug-likeness (QED) is 0.854. The van der Waals surface area contributed by atoms with Gasteiger partial charge in [-0.1, -0.05) is 24.3 Å². The lowest BCUT2D eigenvalue weighted by Crippen LogP contribution is -2.40. The van der Waals surface area contributed by atoms with E-state index in [9.17, 15) is 18.0 Å². The van der Waals surface area contributed by atoms with Gasteiger partial charge in [0, 0.05) is 26.7 Å². The van der Waals surface area contributed by atoms with Crippen LogP contribution in [0.1, 0.15) is 11.1 Å². The van der Waals surface area contributed by atoms with Crippen molar-refractivity contribution >= 4 is 18.3 Å². The van der Waals surface area contributed by atoms with Crippen molar-refractivity contribution < 1.29 is 22.7 Å². The van der Waals surface area contributed by atoms with E-state index in [0.29, 0.717) is 6.61 Å². The summed E-state index contributed by atoms with van der Waals surface area (Å²) in [5.41, 5.74) is 1.74. The van der Waals surface area contributed by atoms with Crippen molar-refractivity contribution in [1.82, 2.24) is 10.6 Å². The second-order valence-corrected chi connectivity index (χ2v) is 5.33. The summed E-state index contributed by atoms with van der Waals surface area (Å²) < 4.78 is 43.7. The highest BCUT2D eigenvalue weighted by Gasteiger charge is 2.49. The minimum absolute atomic E-state index is 0. The Kier molecular flexibility index (Phi) is 7.31. The molecule has 130 valence electrons. The van der Waals surface area contributed by atoms with Crippen LogP contribution in [-0.2, 0) is 22.7 Å². The average Bonchev–Trinajstić information content (AvgIpc) is 2.96. The van der Waals surface area contributed by atoms with Crippen LogP contribution in [0, 0.1) is 11.8 Å². The van der Waals surface area contributed by atoms with E-state index in [1.165, 1.54) is 0 Å². The highest BCUT2D eigenvalue weighted by atomic mass is 35.5. The van der Waals surface area contributed by atoms with E-state index >= 15 is 0 Å². The molecule has 1 aliphatic rings. The fraction of sp³-hybridized carbons (Fsp3) is 0.533. The zero-order valence-electron chi connectivity index (χ0n) is 12.7. The lowest BCUT2D eigenvalue weighted by Gasteiger charge is -2.21. The van der Waals surface area contributed by atoms with Crippen LogP contribution < -0.4 is 10.6 Å². The summed E-state index contributed by atoms with van der Waals surface area (Å²) in [6.07, 6.45) is -4.36. The number of methoxy groups -OCH3 is 1. The Labute approximate surface area is 139 Å². The molecule has 4 nitrogen and oxygen atoms in total. The molecule has 1 aromatic carbocycles. The number of ether oxygens (including phenoxy) is 1. The van der Waals surface area contributed by atoms with Gasteiger partial charge in [0.15, 0.2) is 0 Å². The van der Waals surface area contributed by atoms with Crippen LogP contribution in [0.4, 0.5) is 13.2 Å². The van der Waals surface area contributed by atoms with Crippen molar-refractivity contribution in [2.45, 2.75) is 19.3 Å². The number of hydrogen-bond acceptors (Lipinski definition) is 3. The molecule has 0 radical (unpaired) electrons. The summed E-state index contributed by atoms with van der Waals surface area (Å²) >= 11 is 0. The molecule has 2 atom stereocenters. The Bertz CT molecular complexity index is 526. The van der Waals surface area contributed by atoms with Crippen molar-refractivity contribution in [1.29, 1.82) is 0 Å². The van der Waals surface area contributed by atoms with Gasteiger partial charge in [-0.3, -0.25) is 4.79 Å². The molecule has 0 unspecified atom stereocenters. The molecule has 1 aliphatic heterocycles. The van der Waals surface area contributed by atoms with Gasteiger partial charge in [-0.25, -0.2) is 0 Å². The Morgan fingerprint density at radius 2 is 1.96 bits per heavy atom. The minimum Gasteiger partial charge on any atom is -0.380 e. The number of alkyl halides is 3. The van der Waals surface area contributed by atoms with Crippen molar-refractivity contribution in [2.24, 2.45) is 11.8 Å². The molecular weight excluding hydrogens is 333 g/mol. The normalized spacial score (nSPS) is 20.9. The van der Waals surface area contributed by atoms with Gasteiger partial charge < -0.3 is 15.4 Å².